The number of esters is 1. The van der Waals surface area contributed by atoms with Gasteiger partial charge in [-0.3, -0.25) is 9.48 Å². The molecule has 1 amide bonds. The predicted octanol–water partition coefficient (Wildman–Crippen LogP) is 1.83. The number of anilines is 2. The smallest absolute Gasteiger partial charge is 0.343 e. The molecule has 0 aliphatic carbocycles. The van der Waals surface area contributed by atoms with Crippen LogP contribution in [0.1, 0.15) is 41.5 Å². The van der Waals surface area contributed by atoms with E-state index in [1.54, 1.807) is 14.0 Å². The lowest BCUT2D eigenvalue weighted by molar-refractivity contribution is -0.116. The van der Waals surface area contributed by atoms with Gasteiger partial charge in [0.1, 0.15) is 11.4 Å². The third kappa shape index (κ3) is 5.27. The summed E-state index contributed by atoms with van der Waals surface area (Å²) in [6, 6.07) is 1.90. The van der Waals surface area contributed by atoms with E-state index < -0.39 is 5.97 Å². The average molecular weight is 360 g/mol. The highest BCUT2D eigenvalue weighted by molar-refractivity contribution is 6.00. The Kier molecular flexibility index (Phi) is 6.65. The number of aryl methyl sites for hydroxylation is 3. The molecule has 0 aliphatic heterocycles. The maximum Gasteiger partial charge on any atom is 0.343 e. The van der Waals surface area contributed by atoms with Gasteiger partial charge in [0.25, 0.3) is 0 Å². The predicted molar refractivity (Wildman–Crippen MR) is 97.0 cm³/mol. The number of carbonyl (C=O) groups excluding carboxylic acids is 2. The van der Waals surface area contributed by atoms with Crippen molar-refractivity contribution in [1.29, 1.82) is 0 Å². The molecule has 9 heteroatoms. The summed E-state index contributed by atoms with van der Waals surface area (Å²) >= 11 is 0. The molecule has 2 aromatic heterocycles. The van der Waals surface area contributed by atoms with Crippen molar-refractivity contribution < 1.29 is 14.3 Å². The van der Waals surface area contributed by atoms with Crippen molar-refractivity contribution in [2.24, 2.45) is 7.05 Å². The van der Waals surface area contributed by atoms with Crippen LogP contribution >= 0.6 is 0 Å². The molecule has 0 spiro atoms. The molecule has 140 valence electrons. The van der Waals surface area contributed by atoms with Crippen molar-refractivity contribution in [3.05, 3.63) is 29.2 Å². The molecule has 2 heterocycles. The Balaban J connectivity index is 1.84. The first-order chi connectivity index (χ1) is 12.4. The van der Waals surface area contributed by atoms with Crippen molar-refractivity contribution in [3.63, 3.8) is 0 Å². The summed E-state index contributed by atoms with van der Waals surface area (Å²) in [6.07, 6.45) is 2.26. The molecule has 2 aromatic rings. The Labute approximate surface area is 152 Å². The van der Waals surface area contributed by atoms with Crippen LogP contribution in [0.25, 0.3) is 0 Å². The number of rotatable bonds is 8. The Morgan fingerprint density at radius 2 is 1.92 bits per heavy atom. The van der Waals surface area contributed by atoms with Crippen molar-refractivity contribution >= 4 is 23.6 Å². The SMILES string of the molecule is CCOC(=O)c1cnn(C)c1NC(=O)CCCNc1nc(C)cc(C)n1. The quantitative estimate of drug-likeness (QED) is 0.546. The number of nitrogens with one attached hydrogen (secondary N) is 2. The van der Waals surface area contributed by atoms with Crippen LogP contribution in [-0.4, -0.2) is 44.8 Å². The molecule has 0 atom stereocenters. The Hall–Kier alpha value is -2.97. The third-order valence-electron chi connectivity index (χ3n) is 3.54. The number of nitrogens with zero attached hydrogens (tertiary/aromatic N) is 4. The van der Waals surface area contributed by atoms with E-state index in [1.165, 1.54) is 10.9 Å². The number of aromatic nitrogens is 4. The molecular formula is C17H24N6O3. The van der Waals surface area contributed by atoms with E-state index in [1.807, 2.05) is 19.9 Å². The van der Waals surface area contributed by atoms with Crippen LogP contribution in [0, 0.1) is 13.8 Å². The van der Waals surface area contributed by atoms with Crippen LogP contribution < -0.4 is 10.6 Å². The molecule has 0 aromatic carbocycles. The molecule has 26 heavy (non-hydrogen) atoms. The average Bonchev–Trinajstić information content (AvgIpc) is 2.92. The number of carbonyl (C=O) groups is 2. The van der Waals surface area contributed by atoms with Gasteiger partial charge >= 0.3 is 5.97 Å². The first-order valence-corrected chi connectivity index (χ1v) is 8.45. The van der Waals surface area contributed by atoms with E-state index in [9.17, 15) is 9.59 Å². The molecule has 2 N–H and O–H groups in total. The van der Waals surface area contributed by atoms with E-state index >= 15 is 0 Å². The lowest BCUT2D eigenvalue weighted by Crippen LogP contribution is -2.18. The van der Waals surface area contributed by atoms with Gasteiger partial charge in [0.05, 0.1) is 12.8 Å². The third-order valence-corrected chi connectivity index (χ3v) is 3.54. The van der Waals surface area contributed by atoms with Gasteiger partial charge in [0, 0.05) is 31.4 Å². The second-order valence-corrected chi connectivity index (χ2v) is 5.80. The fourth-order valence-corrected chi connectivity index (χ4v) is 2.39. The van der Waals surface area contributed by atoms with Crippen molar-refractivity contribution in [3.8, 4) is 0 Å². The summed E-state index contributed by atoms with van der Waals surface area (Å²) < 4.78 is 6.40. The largest absolute Gasteiger partial charge is 0.462 e. The minimum absolute atomic E-state index is 0.206. The van der Waals surface area contributed by atoms with Crippen molar-refractivity contribution in [1.82, 2.24) is 19.7 Å². The highest BCUT2D eigenvalue weighted by atomic mass is 16.5. The first-order valence-electron chi connectivity index (χ1n) is 8.45. The van der Waals surface area contributed by atoms with Crippen LogP contribution in [0.3, 0.4) is 0 Å². The highest BCUT2D eigenvalue weighted by Crippen LogP contribution is 2.16. The molecule has 0 saturated heterocycles. The van der Waals surface area contributed by atoms with Crippen LogP contribution in [0.4, 0.5) is 11.8 Å². The standard InChI is InChI=1S/C17H24N6O3/c1-5-26-16(25)13-10-19-23(4)15(13)22-14(24)7-6-8-18-17-20-11(2)9-12(3)21-17/h9-10H,5-8H2,1-4H3,(H,22,24)(H,18,20,21). The first kappa shape index (κ1) is 19.4. The summed E-state index contributed by atoms with van der Waals surface area (Å²) in [6.45, 7) is 6.35. The maximum absolute atomic E-state index is 12.2. The van der Waals surface area contributed by atoms with Gasteiger partial charge in [0.15, 0.2) is 0 Å². The van der Waals surface area contributed by atoms with Crippen LogP contribution in [0.15, 0.2) is 12.3 Å². The highest BCUT2D eigenvalue weighted by Gasteiger charge is 2.18. The second-order valence-electron chi connectivity index (χ2n) is 5.80. The number of hydrogen-bond donors (Lipinski definition) is 2. The molecule has 0 aliphatic rings. The number of hydrogen-bond acceptors (Lipinski definition) is 7. The molecule has 0 fully saturated rings. The number of ether oxygens (including phenoxy) is 1. The normalized spacial score (nSPS) is 10.5. The Morgan fingerprint density at radius 3 is 2.58 bits per heavy atom. The van der Waals surface area contributed by atoms with Crippen molar-refractivity contribution in [2.75, 3.05) is 23.8 Å². The Morgan fingerprint density at radius 1 is 1.23 bits per heavy atom. The van der Waals surface area contributed by atoms with Gasteiger partial charge < -0.3 is 15.4 Å². The molecule has 2 rings (SSSR count). The Bertz CT molecular complexity index is 767. The molecule has 9 nitrogen and oxygen atoms in total. The monoisotopic (exact) mass is 360 g/mol. The van der Waals surface area contributed by atoms with Gasteiger partial charge in [-0.1, -0.05) is 0 Å². The zero-order valence-electron chi connectivity index (χ0n) is 15.5. The topological polar surface area (TPSA) is 111 Å². The molecule has 0 unspecified atom stereocenters. The summed E-state index contributed by atoms with van der Waals surface area (Å²) in [5, 5.41) is 9.82. The lowest BCUT2D eigenvalue weighted by Gasteiger charge is -2.09. The van der Waals surface area contributed by atoms with E-state index in [2.05, 4.69) is 25.7 Å². The van der Waals surface area contributed by atoms with E-state index in [-0.39, 0.29) is 24.5 Å². The van der Waals surface area contributed by atoms with Gasteiger partial charge in [-0.25, -0.2) is 14.8 Å². The van der Waals surface area contributed by atoms with Crippen LogP contribution in [0.2, 0.25) is 0 Å². The molecule has 0 radical (unpaired) electrons. The molecular weight excluding hydrogens is 336 g/mol. The lowest BCUT2D eigenvalue weighted by atomic mass is 10.2. The minimum Gasteiger partial charge on any atom is -0.462 e. The summed E-state index contributed by atoms with van der Waals surface area (Å²) in [5.74, 6) is 0.171. The maximum atomic E-state index is 12.2. The summed E-state index contributed by atoms with van der Waals surface area (Å²) in [5.41, 5.74) is 2.02. The zero-order chi connectivity index (χ0) is 19.1. The zero-order valence-corrected chi connectivity index (χ0v) is 15.5. The van der Waals surface area contributed by atoms with Gasteiger partial charge in [0.2, 0.25) is 11.9 Å². The summed E-state index contributed by atoms with van der Waals surface area (Å²) in [7, 11) is 1.65. The number of amides is 1. The van der Waals surface area contributed by atoms with Crippen molar-refractivity contribution in [2.45, 2.75) is 33.6 Å². The van der Waals surface area contributed by atoms with E-state index in [0.29, 0.717) is 24.7 Å². The second kappa shape index (κ2) is 8.93. The van der Waals surface area contributed by atoms with Gasteiger partial charge in [-0.15, -0.1) is 0 Å². The van der Waals surface area contributed by atoms with Gasteiger partial charge in [-0.2, -0.15) is 5.10 Å². The van der Waals surface area contributed by atoms with E-state index in [0.717, 1.165) is 11.4 Å². The fraction of sp³-hybridized carbons (Fsp3) is 0.471. The fourth-order valence-electron chi connectivity index (χ4n) is 2.39. The molecule has 0 bridgehead atoms. The van der Waals surface area contributed by atoms with Gasteiger partial charge in [-0.05, 0) is 33.3 Å². The van der Waals surface area contributed by atoms with Crippen LogP contribution in [-0.2, 0) is 16.6 Å². The minimum atomic E-state index is -0.510. The van der Waals surface area contributed by atoms with Crippen LogP contribution in [0.5, 0.6) is 0 Å². The summed E-state index contributed by atoms with van der Waals surface area (Å²) in [4.78, 5) is 32.6. The van der Waals surface area contributed by atoms with E-state index in [4.69, 9.17) is 4.74 Å². The molecule has 0 saturated carbocycles.